The Bertz CT molecular complexity index is 512. The molecule has 2 unspecified atom stereocenters. The highest BCUT2D eigenvalue weighted by Crippen LogP contribution is 2.29. The van der Waals surface area contributed by atoms with Crippen molar-refractivity contribution in [3.05, 3.63) is 21.9 Å². The normalized spacial score (nSPS) is 22.2. The molecular weight excluding hydrogens is 256 g/mol. The van der Waals surface area contributed by atoms with Gasteiger partial charge in [0.05, 0.1) is 16.3 Å². The van der Waals surface area contributed by atoms with E-state index in [2.05, 4.69) is 25.7 Å². The van der Waals surface area contributed by atoms with E-state index in [1.807, 2.05) is 17.0 Å². The molecule has 1 aliphatic heterocycles. The molecular formula is C15H20N2OS. The number of nitrogens with two attached hydrogens (primary N) is 1. The second-order valence-electron chi connectivity index (χ2n) is 4.87. The molecule has 0 aliphatic carbocycles. The lowest BCUT2D eigenvalue weighted by Gasteiger charge is -2.27. The van der Waals surface area contributed by atoms with Crippen LogP contribution in [-0.2, 0) is 0 Å². The number of amides is 1. The smallest absolute Gasteiger partial charge is 0.264 e. The van der Waals surface area contributed by atoms with Gasteiger partial charge in [-0.05, 0) is 38.3 Å². The first-order valence-electron chi connectivity index (χ1n) is 6.78. The topological polar surface area (TPSA) is 46.3 Å². The van der Waals surface area contributed by atoms with Crippen molar-refractivity contribution in [2.75, 3.05) is 6.54 Å². The predicted octanol–water partition coefficient (Wildman–Crippen LogP) is 2.46. The molecule has 1 aromatic heterocycles. The summed E-state index contributed by atoms with van der Waals surface area (Å²) in [5.74, 6) is 5.95. The van der Waals surface area contributed by atoms with Crippen LogP contribution in [0.15, 0.2) is 12.1 Å². The van der Waals surface area contributed by atoms with Gasteiger partial charge in [0.2, 0.25) is 0 Å². The van der Waals surface area contributed by atoms with Crippen molar-refractivity contribution < 1.29 is 4.79 Å². The average Bonchev–Trinajstić information content (AvgIpc) is 3.02. The van der Waals surface area contributed by atoms with Crippen LogP contribution in [0.5, 0.6) is 0 Å². The number of rotatable bonds is 2. The summed E-state index contributed by atoms with van der Waals surface area (Å²) in [5, 5.41) is 0. The van der Waals surface area contributed by atoms with Crippen LogP contribution in [-0.4, -0.2) is 29.4 Å². The monoisotopic (exact) mass is 276 g/mol. The molecule has 2 heterocycles. The minimum atomic E-state index is 0.155. The minimum Gasteiger partial charge on any atom is -0.332 e. The van der Waals surface area contributed by atoms with Gasteiger partial charge in [-0.25, -0.2) is 0 Å². The van der Waals surface area contributed by atoms with Gasteiger partial charge in [0.25, 0.3) is 5.91 Å². The van der Waals surface area contributed by atoms with Gasteiger partial charge in [0, 0.05) is 12.1 Å². The lowest BCUT2D eigenvalue weighted by Crippen LogP contribution is -2.39. The molecule has 1 fully saturated rings. The zero-order valence-corrected chi connectivity index (χ0v) is 12.3. The van der Waals surface area contributed by atoms with Crippen LogP contribution in [0.4, 0.5) is 0 Å². The van der Waals surface area contributed by atoms with Crippen LogP contribution in [0.25, 0.3) is 0 Å². The van der Waals surface area contributed by atoms with Crippen molar-refractivity contribution in [2.45, 2.75) is 45.2 Å². The highest BCUT2D eigenvalue weighted by molar-refractivity contribution is 7.14. The Labute approximate surface area is 118 Å². The van der Waals surface area contributed by atoms with Gasteiger partial charge in [0.15, 0.2) is 0 Å². The fourth-order valence-corrected chi connectivity index (χ4v) is 3.45. The van der Waals surface area contributed by atoms with Gasteiger partial charge in [-0.1, -0.05) is 18.8 Å². The van der Waals surface area contributed by atoms with Gasteiger partial charge in [0.1, 0.15) is 0 Å². The number of nitrogens with zero attached hydrogens (tertiary/aromatic N) is 1. The number of carbonyl (C=O) groups excluding carboxylic acids is 1. The number of thiophene rings is 1. The van der Waals surface area contributed by atoms with Gasteiger partial charge in [-0.3, -0.25) is 4.79 Å². The second kappa shape index (κ2) is 6.23. The van der Waals surface area contributed by atoms with Crippen molar-refractivity contribution in [3.63, 3.8) is 0 Å². The predicted molar refractivity (Wildman–Crippen MR) is 79.2 cm³/mol. The second-order valence-corrected chi connectivity index (χ2v) is 5.95. The average molecular weight is 276 g/mol. The molecule has 0 bridgehead atoms. The molecule has 4 heteroatoms. The molecule has 1 aliphatic rings. The third-order valence-corrected chi connectivity index (χ3v) is 4.61. The Hall–Kier alpha value is -1.31. The standard InChI is InChI=1S/C15H20N2OS/c1-3-12-7-6-11(2)17(12)15(18)14-9-8-13(19-14)5-4-10-16/h8-9,11-12H,3,6-7,10,16H2,1-2H3. The number of hydrogen-bond acceptors (Lipinski definition) is 3. The van der Waals surface area contributed by atoms with Gasteiger partial charge in [-0.2, -0.15) is 0 Å². The van der Waals surface area contributed by atoms with Crippen LogP contribution >= 0.6 is 11.3 Å². The van der Waals surface area contributed by atoms with Gasteiger partial charge in [-0.15, -0.1) is 11.3 Å². The largest absolute Gasteiger partial charge is 0.332 e. The molecule has 0 radical (unpaired) electrons. The molecule has 0 spiro atoms. The summed E-state index contributed by atoms with van der Waals surface area (Å²) in [5.41, 5.74) is 5.35. The Kier molecular flexibility index (Phi) is 4.62. The fraction of sp³-hybridized carbons (Fsp3) is 0.533. The Morgan fingerprint density at radius 2 is 2.32 bits per heavy atom. The molecule has 19 heavy (non-hydrogen) atoms. The first-order chi connectivity index (χ1) is 9.17. The lowest BCUT2D eigenvalue weighted by molar-refractivity contribution is 0.0681. The minimum absolute atomic E-state index is 0.155. The Balaban J connectivity index is 2.17. The van der Waals surface area contributed by atoms with Crippen LogP contribution in [0.1, 0.15) is 47.7 Å². The lowest BCUT2D eigenvalue weighted by atomic mass is 10.1. The van der Waals surface area contributed by atoms with E-state index in [1.165, 1.54) is 11.3 Å². The maximum absolute atomic E-state index is 12.6. The molecule has 1 amide bonds. The highest BCUT2D eigenvalue weighted by atomic mass is 32.1. The van der Waals surface area contributed by atoms with E-state index in [4.69, 9.17) is 5.73 Å². The van der Waals surface area contributed by atoms with E-state index in [0.29, 0.717) is 18.6 Å². The van der Waals surface area contributed by atoms with Gasteiger partial charge >= 0.3 is 0 Å². The van der Waals surface area contributed by atoms with E-state index in [0.717, 1.165) is 29.0 Å². The van der Waals surface area contributed by atoms with E-state index in [1.54, 1.807) is 0 Å². The van der Waals surface area contributed by atoms with Crippen molar-refractivity contribution in [1.82, 2.24) is 4.90 Å². The Morgan fingerprint density at radius 1 is 1.53 bits per heavy atom. The molecule has 0 saturated carbocycles. The zero-order valence-electron chi connectivity index (χ0n) is 11.5. The molecule has 2 N–H and O–H groups in total. The zero-order chi connectivity index (χ0) is 13.8. The van der Waals surface area contributed by atoms with Crippen LogP contribution in [0.2, 0.25) is 0 Å². The van der Waals surface area contributed by atoms with E-state index in [-0.39, 0.29) is 5.91 Å². The van der Waals surface area contributed by atoms with E-state index in [9.17, 15) is 4.79 Å². The molecule has 2 atom stereocenters. The van der Waals surface area contributed by atoms with Crippen molar-refractivity contribution in [1.29, 1.82) is 0 Å². The maximum Gasteiger partial charge on any atom is 0.264 e. The molecule has 2 rings (SSSR count). The third-order valence-electron chi connectivity index (χ3n) is 3.62. The quantitative estimate of drug-likeness (QED) is 0.843. The summed E-state index contributed by atoms with van der Waals surface area (Å²) in [6, 6.07) is 4.52. The van der Waals surface area contributed by atoms with Gasteiger partial charge < -0.3 is 10.6 Å². The summed E-state index contributed by atoms with van der Waals surface area (Å²) < 4.78 is 0. The summed E-state index contributed by atoms with van der Waals surface area (Å²) in [6.45, 7) is 4.63. The fourth-order valence-electron chi connectivity index (χ4n) is 2.62. The summed E-state index contributed by atoms with van der Waals surface area (Å²) in [4.78, 5) is 16.3. The van der Waals surface area contributed by atoms with Crippen LogP contribution < -0.4 is 5.73 Å². The first-order valence-corrected chi connectivity index (χ1v) is 7.60. The SMILES string of the molecule is CCC1CCC(C)N1C(=O)c1ccc(C#CCN)s1. The highest BCUT2D eigenvalue weighted by Gasteiger charge is 2.34. The molecule has 1 saturated heterocycles. The van der Waals surface area contributed by atoms with E-state index >= 15 is 0 Å². The third kappa shape index (κ3) is 2.99. The molecule has 1 aromatic rings. The molecule has 102 valence electrons. The summed E-state index contributed by atoms with van der Waals surface area (Å²) in [6.07, 6.45) is 3.26. The summed E-state index contributed by atoms with van der Waals surface area (Å²) >= 11 is 1.46. The number of carbonyl (C=O) groups is 1. The molecule has 0 aromatic carbocycles. The summed E-state index contributed by atoms with van der Waals surface area (Å²) in [7, 11) is 0. The number of likely N-dealkylation sites (tertiary alicyclic amines) is 1. The first kappa shape index (κ1) is 14.1. The molecule has 3 nitrogen and oxygen atoms in total. The Morgan fingerprint density at radius 3 is 3.00 bits per heavy atom. The number of hydrogen-bond donors (Lipinski definition) is 1. The van der Waals surface area contributed by atoms with Crippen LogP contribution in [0.3, 0.4) is 0 Å². The van der Waals surface area contributed by atoms with E-state index < -0.39 is 0 Å². The van der Waals surface area contributed by atoms with Crippen molar-refractivity contribution in [2.24, 2.45) is 5.73 Å². The van der Waals surface area contributed by atoms with Crippen molar-refractivity contribution >= 4 is 17.2 Å². The maximum atomic E-state index is 12.6. The van der Waals surface area contributed by atoms with Crippen LogP contribution in [0, 0.1) is 11.8 Å². The van der Waals surface area contributed by atoms with Crippen molar-refractivity contribution in [3.8, 4) is 11.8 Å².